The number of hydrogen-bond donors (Lipinski definition) is 1. The summed E-state index contributed by atoms with van der Waals surface area (Å²) in [7, 11) is 0. The van der Waals surface area contributed by atoms with Crippen LogP contribution in [0, 0.1) is 0 Å². The van der Waals surface area contributed by atoms with Crippen LogP contribution in [0.4, 0.5) is 0 Å². The van der Waals surface area contributed by atoms with Crippen LogP contribution in [0.2, 0.25) is 5.02 Å². The maximum atomic E-state index is 10.5. The van der Waals surface area contributed by atoms with Gasteiger partial charge >= 0.3 is 0 Å². The molecule has 80 valence electrons. The number of benzene rings is 2. The molecule has 0 fully saturated rings. The SMILES string of the molecule is O=Cc1ccc(-c2ccc(Cl)c(O)c2)cc1. The molecule has 0 spiro atoms. The van der Waals surface area contributed by atoms with Crippen LogP contribution in [-0.2, 0) is 0 Å². The Bertz CT molecular complexity index is 518. The van der Waals surface area contributed by atoms with E-state index >= 15 is 0 Å². The topological polar surface area (TPSA) is 37.3 Å². The smallest absolute Gasteiger partial charge is 0.150 e. The summed E-state index contributed by atoms with van der Waals surface area (Å²) in [5, 5.41) is 9.80. The van der Waals surface area contributed by atoms with Crippen molar-refractivity contribution >= 4 is 17.9 Å². The Morgan fingerprint density at radius 3 is 2.19 bits per heavy atom. The molecule has 0 unspecified atom stereocenters. The van der Waals surface area contributed by atoms with E-state index in [1.54, 1.807) is 24.3 Å². The number of carbonyl (C=O) groups excluding carboxylic acids is 1. The fourth-order valence-corrected chi connectivity index (χ4v) is 1.56. The van der Waals surface area contributed by atoms with Crippen molar-refractivity contribution in [3.05, 3.63) is 53.1 Å². The maximum absolute atomic E-state index is 10.5. The summed E-state index contributed by atoms with van der Waals surface area (Å²) in [6, 6.07) is 12.2. The number of aldehydes is 1. The molecule has 2 nitrogen and oxygen atoms in total. The van der Waals surface area contributed by atoms with Crippen LogP contribution in [-0.4, -0.2) is 11.4 Å². The lowest BCUT2D eigenvalue weighted by Gasteiger charge is -2.03. The standard InChI is InChI=1S/C13H9ClO2/c14-12-6-5-11(7-13(12)16)10-3-1-9(8-15)2-4-10/h1-8,16H. The van der Waals surface area contributed by atoms with Gasteiger partial charge in [-0.1, -0.05) is 41.9 Å². The normalized spacial score (nSPS) is 10.1. The highest BCUT2D eigenvalue weighted by Crippen LogP contribution is 2.29. The molecule has 0 aliphatic carbocycles. The highest BCUT2D eigenvalue weighted by Gasteiger charge is 2.02. The third-order valence-electron chi connectivity index (χ3n) is 2.33. The van der Waals surface area contributed by atoms with Crippen molar-refractivity contribution < 1.29 is 9.90 Å². The number of halogens is 1. The first kappa shape index (κ1) is 10.7. The minimum Gasteiger partial charge on any atom is -0.506 e. The fraction of sp³-hybridized carbons (Fsp3) is 0. The molecule has 2 rings (SSSR count). The molecule has 2 aromatic rings. The zero-order valence-electron chi connectivity index (χ0n) is 8.35. The quantitative estimate of drug-likeness (QED) is 0.805. The fourth-order valence-electron chi connectivity index (χ4n) is 1.45. The second-order valence-electron chi connectivity index (χ2n) is 3.41. The lowest BCUT2D eigenvalue weighted by atomic mass is 10.0. The van der Waals surface area contributed by atoms with Crippen molar-refractivity contribution in [2.75, 3.05) is 0 Å². The lowest BCUT2D eigenvalue weighted by Crippen LogP contribution is -1.81. The zero-order valence-corrected chi connectivity index (χ0v) is 9.11. The van der Waals surface area contributed by atoms with Gasteiger partial charge in [-0.2, -0.15) is 0 Å². The highest BCUT2D eigenvalue weighted by molar-refractivity contribution is 6.32. The van der Waals surface area contributed by atoms with E-state index in [4.69, 9.17) is 11.6 Å². The number of rotatable bonds is 2. The Morgan fingerprint density at radius 2 is 1.62 bits per heavy atom. The van der Waals surface area contributed by atoms with Crippen LogP contribution in [0.3, 0.4) is 0 Å². The molecular formula is C13H9ClO2. The summed E-state index contributed by atoms with van der Waals surface area (Å²) in [4.78, 5) is 10.5. The van der Waals surface area contributed by atoms with E-state index in [1.807, 2.05) is 18.2 Å². The van der Waals surface area contributed by atoms with Crippen molar-refractivity contribution in [2.45, 2.75) is 0 Å². The molecule has 0 aliphatic heterocycles. The maximum Gasteiger partial charge on any atom is 0.150 e. The molecule has 0 bridgehead atoms. The summed E-state index contributed by atoms with van der Waals surface area (Å²) in [5.41, 5.74) is 2.42. The largest absolute Gasteiger partial charge is 0.506 e. The van der Waals surface area contributed by atoms with E-state index in [0.29, 0.717) is 10.6 Å². The monoisotopic (exact) mass is 232 g/mol. The van der Waals surface area contributed by atoms with Gasteiger partial charge in [0.15, 0.2) is 0 Å². The Labute approximate surface area is 98.1 Å². The van der Waals surface area contributed by atoms with E-state index in [-0.39, 0.29) is 5.75 Å². The number of aromatic hydroxyl groups is 1. The van der Waals surface area contributed by atoms with Crippen LogP contribution < -0.4 is 0 Å². The van der Waals surface area contributed by atoms with Crippen LogP contribution in [0.5, 0.6) is 5.75 Å². The van der Waals surface area contributed by atoms with E-state index in [9.17, 15) is 9.90 Å². The number of phenols is 1. The van der Waals surface area contributed by atoms with Crippen molar-refractivity contribution in [2.24, 2.45) is 0 Å². The van der Waals surface area contributed by atoms with Gasteiger partial charge < -0.3 is 5.11 Å². The van der Waals surface area contributed by atoms with Gasteiger partial charge in [0, 0.05) is 5.56 Å². The first-order chi connectivity index (χ1) is 7.70. The van der Waals surface area contributed by atoms with E-state index in [2.05, 4.69) is 0 Å². The second kappa shape index (κ2) is 4.37. The molecule has 0 radical (unpaired) electrons. The van der Waals surface area contributed by atoms with Gasteiger partial charge in [0.05, 0.1) is 5.02 Å². The van der Waals surface area contributed by atoms with Gasteiger partial charge in [-0.25, -0.2) is 0 Å². The van der Waals surface area contributed by atoms with Crippen LogP contribution in [0.1, 0.15) is 10.4 Å². The molecule has 0 heterocycles. The average Bonchev–Trinajstić information content (AvgIpc) is 2.33. The number of carbonyl (C=O) groups is 1. The summed E-state index contributed by atoms with van der Waals surface area (Å²) in [6.45, 7) is 0. The Balaban J connectivity index is 2.42. The molecule has 0 saturated heterocycles. The lowest BCUT2D eigenvalue weighted by molar-refractivity contribution is 0.112. The van der Waals surface area contributed by atoms with Crippen molar-refractivity contribution in [3.8, 4) is 16.9 Å². The van der Waals surface area contributed by atoms with Crippen molar-refractivity contribution in [1.82, 2.24) is 0 Å². The molecule has 16 heavy (non-hydrogen) atoms. The van der Waals surface area contributed by atoms with Crippen LogP contribution in [0.25, 0.3) is 11.1 Å². The summed E-state index contributed by atoms with van der Waals surface area (Å²) < 4.78 is 0. The third-order valence-corrected chi connectivity index (χ3v) is 2.65. The molecule has 0 aromatic heterocycles. The minimum absolute atomic E-state index is 0.0543. The van der Waals surface area contributed by atoms with Gasteiger partial charge in [0.25, 0.3) is 0 Å². The average molecular weight is 233 g/mol. The van der Waals surface area contributed by atoms with Crippen LogP contribution >= 0.6 is 11.6 Å². The molecule has 1 N–H and O–H groups in total. The van der Waals surface area contributed by atoms with Gasteiger partial charge in [0.1, 0.15) is 12.0 Å². The van der Waals surface area contributed by atoms with Gasteiger partial charge in [-0.15, -0.1) is 0 Å². The molecule has 0 amide bonds. The third kappa shape index (κ3) is 2.07. The molecular weight excluding hydrogens is 224 g/mol. The van der Waals surface area contributed by atoms with Crippen molar-refractivity contribution in [1.29, 1.82) is 0 Å². The van der Waals surface area contributed by atoms with Gasteiger partial charge in [-0.05, 0) is 23.3 Å². The van der Waals surface area contributed by atoms with Crippen LogP contribution in [0.15, 0.2) is 42.5 Å². The molecule has 0 aliphatic rings. The Hall–Kier alpha value is -1.80. The summed E-state index contributed by atoms with van der Waals surface area (Å²) >= 11 is 5.72. The Morgan fingerprint density at radius 1 is 1.00 bits per heavy atom. The number of phenolic OH excluding ortho intramolecular Hbond substituents is 1. The first-order valence-corrected chi connectivity index (χ1v) is 5.12. The molecule has 0 saturated carbocycles. The summed E-state index contributed by atoms with van der Waals surface area (Å²) in [6.07, 6.45) is 0.795. The second-order valence-corrected chi connectivity index (χ2v) is 3.81. The van der Waals surface area contributed by atoms with Crippen molar-refractivity contribution in [3.63, 3.8) is 0 Å². The van der Waals surface area contributed by atoms with E-state index < -0.39 is 0 Å². The first-order valence-electron chi connectivity index (χ1n) is 4.75. The molecule has 0 atom stereocenters. The predicted octanol–water partition coefficient (Wildman–Crippen LogP) is 3.53. The molecule has 3 heteroatoms. The Kier molecular flexibility index (Phi) is 2.93. The highest BCUT2D eigenvalue weighted by atomic mass is 35.5. The summed E-state index contributed by atoms with van der Waals surface area (Å²) in [5.74, 6) is 0.0543. The van der Waals surface area contributed by atoms with Gasteiger partial charge in [0.2, 0.25) is 0 Å². The zero-order chi connectivity index (χ0) is 11.5. The number of hydrogen-bond acceptors (Lipinski definition) is 2. The predicted molar refractivity (Wildman–Crippen MR) is 63.9 cm³/mol. The molecule has 2 aromatic carbocycles. The van der Waals surface area contributed by atoms with E-state index in [1.165, 1.54) is 0 Å². The minimum atomic E-state index is 0.0543. The van der Waals surface area contributed by atoms with Gasteiger partial charge in [-0.3, -0.25) is 4.79 Å². The van der Waals surface area contributed by atoms with E-state index in [0.717, 1.165) is 17.4 Å².